The van der Waals surface area contributed by atoms with Crippen LogP contribution < -0.4 is 5.32 Å². The quantitative estimate of drug-likeness (QED) is 0.810. The minimum Gasteiger partial charge on any atom is -0.313 e. The number of hydrogen-bond acceptors (Lipinski definition) is 2. The third-order valence-electron chi connectivity index (χ3n) is 4.94. The molecule has 2 heteroatoms. The fourth-order valence-electron chi connectivity index (χ4n) is 3.55. The smallest absolute Gasteiger partial charge is 0.00953 e. The molecule has 2 fully saturated rings. The molecule has 2 atom stereocenters. The zero-order valence-corrected chi connectivity index (χ0v) is 11.8. The van der Waals surface area contributed by atoms with Crippen LogP contribution in [0, 0.1) is 11.8 Å². The molecule has 0 aromatic heterocycles. The predicted molar refractivity (Wildman–Crippen MR) is 74.3 cm³/mol. The molecular weight excluding hydrogens is 208 g/mol. The number of rotatable bonds is 4. The fourth-order valence-corrected chi connectivity index (χ4v) is 3.55. The second-order valence-electron chi connectivity index (χ2n) is 6.21. The molecule has 0 bridgehead atoms. The number of hydrogen-bond donors (Lipinski definition) is 1. The van der Waals surface area contributed by atoms with Crippen molar-refractivity contribution in [3.05, 3.63) is 0 Å². The molecule has 0 radical (unpaired) electrons. The summed E-state index contributed by atoms with van der Waals surface area (Å²) in [6.07, 6.45) is 9.95. The second-order valence-corrected chi connectivity index (χ2v) is 6.21. The molecule has 0 spiro atoms. The highest BCUT2D eigenvalue weighted by atomic mass is 15.1. The number of nitrogens with zero attached hydrogens (tertiary/aromatic N) is 1. The van der Waals surface area contributed by atoms with Gasteiger partial charge < -0.3 is 10.2 Å². The van der Waals surface area contributed by atoms with Gasteiger partial charge in [0, 0.05) is 6.04 Å². The van der Waals surface area contributed by atoms with E-state index in [0.29, 0.717) is 0 Å². The van der Waals surface area contributed by atoms with Gasteiger partial charge in [-0.2, -0.15) is 0 Å². The summed E-state index contributed by atoms with van der Waals surface area (Å²) in [4.78, 5) is 2.46. The Morgan fingerprint density at radius 1 is 1.06 bits per heavy atom. The van der Waals surface area contributed by atoms with Crippen LogP contribution in [0.4, 0.5) is 0 Å². The van der Waals surface area contributed by atoms with E-state index in [9.17, 15) is 0 Å². The first kappa shape index (κ1) is 13.4. The molecule has 17 heavy (non-hydrogen) atoms. The van der Waals surface area contributed by atoms with Crippen LogP contribution >= 0.6 is 0 Å². The van der Waals surface area contributed by atoms with Crippen molar-refractivity contribution in [2.24, 2.45) is 11.8 Å². The van der Waals surface area contributed by atoms with E-state index in [2.05, 4.69) is 24.2 Å². The van der Waals surface area contributed by atoms with Crippen LogP contribution in [-0.4, -0.2) is 37.6 Å². The summed E-state index contributed by atoms with van der Waals surface area (Å²) >= 11 is 0. The lowest BCUT2D eigenvalue weighted by molar-refractivity contribution is 0.194. The molecule has 2 aliphatic rings. The first-order valence-corrected chi connectivity index (χ1v) is 7.71. The molecule has 2 nitrogen and oxygen atoms in total. The van der Waals surface area contributed by atoms with Crippen molar-refractivity contribution in [2.75, 3.05) is 26.7 Å². The normalized spacial score (nSPS) is 32.8. The van der Waals surface area contributed by atoms with E-state index < -0.39 is 0 Å². The maximum absolute atomic E-state index is 3.89. The topological polar surface area (TPSA) is 15.3 Å². The van der Waals surface area contributed by atoms with Gasteiger partial charge in [-0.15, -0.1) is 0 Å². The lowest BCUT2D eigenvalue weighted by atomic mass is 9.82. The van der Waals surface area contributed by atoms with Gasteiger partial charge in [-0.1, -0.05) is 26.2 Å². The van der Waals surface area contributed by atoms with Crippen LogP contribution in [0.1, 0.15) is 51.9 Å². The molecule has 1 saturated heterocycles. The van der Waals surface area contributed by atoms with Crippen LogP contribution in [0.15, 0.2) is 0 Å². The van der Waals surface area contributed by atoms with Gasteiger partial charge >= 0.3 is 0 Å². The highest BCUT2D eigenvalue weighted by Crippen LogP contribution is 2.27. The molecule has 1 aliphatic heterocycles. The van der Waals surface area contributed by atoms with E-state index >= 15 is 0 Å². The van der Waals surface area contributed by atoms with Gasteiger partial charge in [0.25, 0.3) is 0 Å². The summed E-state index contributed by atoms with van der Waals surface area (Å²) in [7, 11) is 2.25. The van der Waals surface area contributed by atoms with Gasteiger partial charge in [0.05, 0.1) is 0 Å². The number of nitrogens with one attached hydrogen (secondary N) is 1. The molecule has 1 N–H and O–H groups in total. The Kier molecular flexibility index (Phi) is 5.30. The van der Waals surface area contributed by atoms with Crippen molar-refractivity contribution in [1.82, 2.24) is 10.2 Å². The van der Waals surface area contributed by atoms with Crippen LogP contribution in [0.2, 0.25) is 0 Å². The molecule has 2 rings (SSSR count). The van der Waals surface area contributed by atoms with Gasteiger partial charge in [0.15, 0.2) is 0 Å². The molecule has 1 saturated carbocycles. The number of likely N-dealkylation sites (tertiary alicyclic amines) is 1. The zero-order chi connectivity index (χ0) is 12.1. The van der Waals surface area contributed by atoms with Crippen LogP contribution in [0.5, 0.6) is 0 Å². The number of piperidine rings is 1. The summed E-state index contributed by atoms with van der Waals surface area (Å²) < 4.78 is 0. The first-order chi connectivity index (χ1) is 8.29. The Balaban J connectivity index is 1.69. The van der Waals surface area contributed by atoms with Gasteiger partial charge in [0.1, 0.15) is 0 Å². The van der Waals surface area contributed by atoms with Crippen molar-refractivity contribution < 1.29 is 0 Å². The van der Waals surface area contributed by atoms with E-state index in [-0.39, 0.29) is 0 Å². The van der Waals surface area contributed by atoms with E-state index in [0.717, 1.165) is 17.9 Å². The average Bonchev–Trinajstić information content (AvgIpc) is 2.38. The fraction of sp³-hybridized carbons (Fsp3) is 1.00. The SMILES string of the molecule is CCC1CCCCC1NCC1CCN(C)CC1. The van der Waals surface area contributed by atoms with Gasteiger partial charge in [-0.05, 0) is 64.2 Å². The van der Waals surface area contributed by atoms with Crippen molar-refractivity contribution in [3.63, 3.8) is 0 Å². The summed E-state index contributed by atoms with van der Waals surface area (Å²) in [6.45, 7) is 6.23. The highest BCUT2D eigenvalue weighted by Gasteiger charge is 2.24. The van der Waals surface area contributed by atoms with Gasteiger partial charge in [0.2, 0.25) is 0 Å². The lowest BCUT2D eigenvalue weighted by Crippen LogP contribution is -2.42. The minimum atomic E-state index is 0.827. The summed E-state index contributed by atoms with van der Waals surface area (Å²) in [6, 6.07) is 0.827. The Labute approximate surface area is 107 Å². The third kappa shape index (κ3) is 3.96. The molecule has 0 aromatic carbocycles. The van der Waals surface area contributed by atoms with E-state index in [1.165, 1.54) is 64.6 Å². The average molecular weight is 238 g/mol. The zero-order valence-electron chi connectivity index (χ0n) is 11.8. The Morgan fingerprint density at radius 2 is 1.76 bits per heavy atom. The molecule has 0 aromatic rings. The summed E-state index contributed by atoms with van der Waals surface area (Å²) in [5, 5.41) is 3.89. The Hall–Kier alpha value is -0.0800. The standard InChI is InChI=1S/C15H30N2/c1-3-14-6-4-5-7-15(14)16-12-13-8-10-17(2)11-9-13/h13-16H,3-12H2,1-2H3. The lowest BCUT2D eigenvalue weighted by Gasteiger charge is -2.35. The Bertz CT molecular complexity index is 209. The Morgan fingerprint density at radius 3 is 2.47 bits per heavy atom. The molecule has 0 amide bonds. The molecular formula is C15H30N2. The van der Waals surface area contributed by atoms with E-state index in [1.54, 1.807) is 0 Å². The maximum atomic E-state index is 3.89. The van der Waals surface area contributed by atoms with E-state index in [4.69, 9.17) is 0 Å². The van der Waals surface area contributed by atoms with E-state index in [1.807, 2.05) is 0 Å². The van der Waals surface area contributed by atoms with Crippen LogP contribution in [0.3, 0.4) is 0 Å². The van der Waals surface area contributed by atoms with Crippen LogP contribution in [0.25, 0.3) is 0 Å². The molecule has 2 unspecified atom stereocenters. The maximum Gasteiger partial charge on any atom is 0.00953 e. The molecule has 1 aliphatic carbocycles. The monoisotopic (exact) mass is 238 g/mol. The largest absolute Gasteiger partial charge is 0.313 e. The van der Waals surface area contributed by atoms with Crippen LogP contribution in [-0.2, 0) is 0 Å². The molecule has 1 heterocycles. The van der Waals surface area contributed by atoms with Crippen molar-refractivity contribution in [1.29, 1.82) is 0 Å². The molecule has 100 valence electrons. The minimum absolute atomic E-state index is 0.827. The van der Waals surface area contributed by atoms with Gasteiger partial charge in [-0.3, -0.25) is 0 Å². The van der Waals surface area contributed by atoms with Gasteiger partial charge in [-0.25, -0.2) is 0 Å². The third-order valence-corrected chi connectivity index (χ3v) is 4.94. The summed E-state index contributed by atoms with van der Waals surface area (Å²) in [5.74, 6) is 1.89. The summed E-state index contributed by atoms with van der Waals surface area (Å²) in [5.41, 5.74) is 0. The second kappa shape index (κ2) is 6.75. The van der Waals surface area contributed by atoms with Crippen molar-refractivity contribution in [3.8, 4) is 0 Å². The predicted octanol–water partition coefficient (Wildman–Crippen LogP) is 2.89. The highest BCUT2D eigenvalue weighted by molar-refractivity contribution is 4.82. The van der Waals surface area contributed by atoms with Crippen molar-refractivity contribution >= 4 is 0 Å². The van der Waals surface area contributed by atoms with Crippen molar-refractivity contribution in [2.45, 2.75) is 57.9 Å². The first-order valence-electron chi connectivity index (χ1n) is 7.71.